The summed E-state index contributed by atoms with van der Waals surface area (Å²) in [6.45, 7) is 15.0. The maximum absolute atomic E-state index is 14.0. The number of carbonyl (C=O) groups excluding carboxylic acids is 2. The molecule has 0 bridgehead atoms. The Bertz CT molecular complexity index is 1600. The van der Waals surface area contributed by atoms with E-state index < -0.39 is 23.6 Å². The van der Waals surface area contributed by atoms with Crippen molar-refractivity contribution in [3.8, 4) is 0 Å². The summed E-state index contributed by atoms with van der Waals surface area (Å²) in [5.74, 6) is -1.16. The number of anilines is 1. The van der Waals surface area contributed by atoms with Crippen LogP contribution in [0.25, 0.3) is 11.0 Å². The summed E-state index contributed by atoms with van der Waals surface area (Å²) in [4.78, 5) is 36.3. The number of aromatic amines is 1. The predicted octanol–water partition coefficient (Wildman–Crippen LogP) is 6.39. The number of methoxy groups -OCH3 is 1. The van der Waals surface area contributed by atoms with Crippen LogP contribution in [-0.2, 0) is 17.5 Å². The molecule has 3 N–H and O–H groups in total. The molecule has 0 radical (unpaired) electrons. The van der Waals surface area contributed by atoms with Gasteiger partial charge >= 0.3 is 12.1 Å². The van der Waals surface area contributed by atoms with Crippen LogP contribution in [0.2, 0.25) is 0 Å². The zero-order chi connectivity index (χ0) is 34.0. The van der Waals surface area contributed by atoms with E-state index in [4.69, 9.17) is 4.74 Å². The largest absolute Gasteiger partial charge is 0.464 e. The number of ether oxygens (including phenoxy) is 1. The number of pyridine rings is 1. The van der Waals surface area contributed by atoms with Crippen molar-refractivity contribution in [3.63, 3.8) is 0 Å². The minimum absolute atomic E-state index is 0.0960. The van der Waals surface area contributed by atoms with E-state index in [1.165, 1.54) is 25.3 Å². The van der Waals surface area contributed by atoms with Gasteiger partial charge in [0, 0.05) is 55.9 Å². The van der Waals surface area contributed by atoms with Crippen LogP contribution in [-0.4, -0.2) is 78.5 Å². The van der Waals surface area contributed by atoms with E-state index in [0.29, 0.717) is 42.4 Å². The number of benzene rings is 1. The van der Waals surface area contributed by atoms with Gasteiger partial charge in [0.1, 0.15) is 11.3 Å². The van der Waals surface area contributed by atoms with Crippen LogP contribution in [0.15, 0.2) is 72.1 Å². The molecule has 0 unspecified atom stereocenters. The molecule has 2 aromatic heterocycles. The summed E-state index contributed by atoms with van der Waals surface area (Å²) in [5, 5.41) is 6.69. The van der Waals surface area contributed by atoms with Gasteiger partial charge in [-0.15, -0.1) is 0 Å². The number of esters is 1. The lowest BCUT2D eigenvalue weighted by Gasteiger charge is -2.33. The smallest absolute Gasteiger partial charge is 0.416 e. The second-order valence-electron chi connectivity index (χ2n) is 10.9. The van der Waals surface area contributed by atoms with Gasteiger partial charge in [-0.05, 0) is 68.4 Å². The molecule has 12 heteroatoms. The standard InChI is InChI=1S/C32H37F3N6O3.C2H6/c1-6-25(14-24(20(2)3)17-36-26-13-23-16-28(31(43)44-5)39-29(23)37-18-26)38-30(42)21-7-8-22(27(15-21)32(33,34)35)19-41-11-9-40(4)10-12-41;1-2/h6-8,13-16,18,36H,1,9-12,17,19H2,2-5H3,(H,37,39)(H,38,42);1-2H3/b25-14+;. The van der Waals surface area contributed by atoms with Crippen LogP contribution in [0.1, 0.15) is 59.7 Å². The third kappa shape index (κ3) is 9.54. The molecule has 0 aliphatic carbocycles. The number of alkyl halides is 3. The SMILES string of the molecule is C=C/C(=C\C(CNc1cnc2[nH]c(C(=O)OC)cc2c1)=C(C)C)NC(=O)c1ccc(CN2CCN(C)CC2)c(C(F)(F)F)c1.CC. The van der Waals surface area contributed by atoms with Gasteiger partial charge in [-0.1, -0.05) is 32.1 Å². The number of halogens is 3. The molecule has 0 saturated carbocycles. The fourth-order valence-corrected chi connectivity index (χ4v) is 4.80. The van der Waals surface area contributed by atoms with Crippen molar-refractivity contribution in [2.24, 2.45) is 0 Å². The van der Waals surface area contributed by atoms with Crippen molar-refractivity contribution in [2.45, 2.75) is 40.4 Å². The van der Waals surface area contributed by atoms with E-state index in [1.807, 2.05) is 45.7 Å². The predicted molar refractivity (Wildman–Crippen MR) is 176 cm³/mol. The Kier molecular flexibility index (Phi) is 12.7. The number of H-pyrrole nitrogens is 1. The number of carbonyl (C=O) groups is 2. The van der Waals surface area contributed by atoms with Crippen LogP contribution in [0.4, 0.5) is 18.9 Å². The summed E-state index contributed by atoms with van der Waals surface area (Å²) in [6.07, 6.45) is 0.176. The van der Waals surface area contributed by atoms with Crippen molar-refractivity contribution < 1.29 is 27.5 Å². The second-order valence-corrected chi connectivity index (χ2v) is 10.9. The number of allylic oxidation sites excluding steroid dienone is 2. The van der Waals surface area contributed by atoms with Gasteiger partial charge in [0.05, 0.1) is 24.6 Å². The second kappa shape index (κ2) is 16.2. The van der Waals surface area contributed by atoms with E-state index in [9.17, 15) is 22.8 Å². The molecule has 1 aliphatic heterocycles. The number of hydrogen-bond acceptors (Lipinski definition) is 7. The number of piperazine rings is 1. The number of amides is 1. The van der Waals surface area contributed by atoms with Gasteiger partial charge < -0.3 is 25.3 Å². The fraction of sp³-hybridized carbons (Fsp3) is 0.382. The molecule has 1 fully saturated rings. The van der Waals surface area contributed by atoms with Gasteiger partial charge in [-0.25, -0.2) is 9.78 Å². The highest BCUT2D eigenvalue weighted by atomic mass is 19.4. The molecule has 1 aromatic carbocycles. The van der Waals surface area contributed by atoms with Crippen LogP contribution in [0.5, 0.6) is 0 Å². The summed E-state index contributed by atoms with van der Waals surface area (Å²) in [5.41, 5.74) is 2.87. The summed E-state index contributed by atoms with van der Waals surface area (Å²) >= 11 is 0. The molecule has 4 rings (SSSR count). The van der Waals surface area contributed by atoms with E-state index in [2.05, 4.69) is 32.1 Å². The molecular weight excluding hydrogens is 597 g/mol. The van der Waals surface area contributed by atoms with Crippen molar-refractivity contribution in [3.05, 3.63) is 94.5 Å². The number of hydrogen-bond donors (Lipinski definition) is 3. The molecule has 0 spiro atoms. The molecule has 3 aromatic rings. The van der Waals surface area contributed by atoms with Gasteiger partial charge in [0.2, 0.25) is 0 Å². The third-order valence-electron chi connectivity index (χ3n) is 7.48. The fourth-order valence-electron chi connectivity index (χ4n) is 4.80. The highest BCUT2D eigenvalue weighted by Crippen LogP contribution is 2.33. The Labute approximate surface area is 268 Å². The molecule has 1 aliphatic rings. The van der Waals surface area contributed by atoms with E-state index >= 15 is 0 Å². The lowest BCUT2D eigenvalue weighted by atomic mass is 10.0. The van der Waals surface area contributed by atoms with Crippen molar-refractivity contribution in [1.82, 2.24) is 25.1 Å². The zero-order valence-electron chi connectivity index (χ0n) is 27.3. The van der Waals surface area contributed by atoms with Crippen LogP contribution in [0.3, 0.4) is 0 Å². The summed E-state index contributed by atoms with van der Waals surface area (Å²) in [7, 11) is 3.29. The maximum Gasteiger partial charge on any atom is 0.416 e. The van der Waals surface area contributed by atoms with E-state index in [0.717, 1.165) is 35.7 Å². The van der Waals surface area contributed by atoms with Crippen LogP contribution >= 0.6 is 0 Å². The third-order valence-corrected chi connectivity index (χ3v) is 7.48. The molecule has 1 amide bonds. The Morgan fingerprint density at radius 2 is 1.80 bits per heavy atom. The first kappa shape index (κ1) is 36.1. The molecule has 46 heavy (non-hydrogen) atoms. The Balaban J connectivity index is 0.00000282. The highest BCUT2D eigenvalue weighted by molar-refractivity contribution is 5.96. The summed E-state index contributed by atoms with van der Waals surface area (Å²) < 4.78 is 46.9. The number of likely N-dealkylation sites (N-methyl/N-ethyl adjacent to an activating group) is 1. The van der Waals surface area contributed by atoms with Crippen molar-refractivity contribution in [2.75, 3.05) is 52.2 Å². The van der Waals surface area contributed by atoms with Crippen LogP contribution in [0, 0.1) is 0 Å². The van der Waals surface area contributed by atoms with Gasteiger partial charge in [0.15, 0.2) is 0 Å². The normalized spacial score (nSPS) is 14.2. The number of nitrogens with one attached hydrogen (secondary N) is 3. The average molecular weight is 641 g/mol. The molecule has 9 nitrogen and oxygen atoms in total. The lowest BCUT2D eigenvalue weighted by Crippen LogP contribution is -2.44. The average Bonchev–Trinajstić information content (AvgIpc) is 3.47. The minimum atomic E-state index is -4.60. The lowest BCUT2D eigenvalue weighted by molar-refractivity contribution is -0.138. The molecule has 0 atom stereocenters. The number of aromatic nitrogens is 2. The highest BCUT2D eigenvalue weighted by Gasteiger charge is 2.34. The number of rotatable bonds is 10. The minimum Gasteiger partial charge on any atom is -0.464 e. The molecular formula is C34H43F3N6O3. The maximum atomic E-state index is 14.0. The first-order valence-corrected chi connectivity index (χ1v) is 15.1. The van der Waals surface area contributed by atoms with Crippen LogP contribution < -0.4 is 10.6 Å². The van der Waals surface area contributed by atoms with Gasteiger partial charge in [-0.2, -0.15) is 13.2 Å². The molecule has 248 valence electrons. The number of nitrogens with zero attached hydrogens (tertiary/aromatic N) is 3. The molecule has 1 saturated heterocycles. The van der Waals surface area contributed by atoms with Gasteiger partial charge in [0.25, 0.3) is 5.91 Å². The molecule has 3 heterocycles. The van der Waals surface area contributed by atoms with Gasteiger partial charge in [-0.3, -0.25) is 9.69 Å². The monoisotopic (exact) mass is 640 g/mol. The Hall–Kier alpha value is -4.42. The quantitative estimate of drug-likeness (QED) is 0.174. The number of fused-ring (bicyclic) bond motifs is 1. The van der Waals surface area contributed by atoms with E-state index in [1.54, 1.807) is 18.3 Å². The Morgan fingerprint density at radius 3 is 2.41 bits per heavy atom. The van der Waals surface area contributed by atoms with Crippen molar-refractivity contribution in [1.29, 1.82) is 0 Å². The summed E-state index contributed by atoms with van der Waals surface area (Å²) in [6, 6.07) is 7.22. The van der Waals surface area contributed by atoms with E-state index in [-0.39, 0.29) is 17.7 Å². The van der Waals surface area contributed by atoms with Crippen molar-refractivity contribution >= 4 is 28.6 Å². The first-order chi connectivity index (χ1) is 21.9. The topological polar surface area (TPSA) is 103 Å². The Morgan fingerprint density at radius 1 is 1.11 bits per heavy atom. The zero-order valence-corrected chi connectivity index (χ0v) is 27.3. The first-order valence-electron chi connectivity index (χ1n) is 15.1.